The summed E-state index contributed by atoms with van der Waals surface area (Å²) in [6, 6.07) is 9.40. The van der Waals surface area contributed by atoms with E-state index in [2.05, 4.69) is 10.6 Å². The van der Waals surface area contributed by atoms with Crippen molar-refractivity contribution in [1.82, 2.24) is 10.2 Å². The number of para-hydroxylation sites is 2. The van der Waals surface area contributed by atoms with Gasteiger partial charge in [0.15, 0.2) is 0 Å². The number of amides is 3. The number of phenolic OH excluding ortho intramolecular Hbond substituents is 1. The summed E-state index contributed by atoms with van der Waals surface area (Å²) >= 11 is 6.39. The smallest absolute Gasteiger partial charge is 0.408 e. The number of carbonyl (C=O) groups is 3. The van der Waals surface area contributed by atoms with Gasteiger partial charge in [-0.25, -0.2) is 4.79 Å². The van der Waals surface area contributed by atoms with Crippen molar-refractivity contribution in [3.8, 4) is 5.75 Å². The van der Waals surface area contributed by atoms with Gasteiger partial charge in [-0.05, 0) is 70.6 Å². The van der Waals surface area contributed by atoms with Gasteiger partial charge in [-0.15, -0.1) is 0 Å². The molecule has 0 spiro atoms. The first-order chi connectivity index (χ1) is 17.8. The molecule has 1 saturated carbocycles. The van der Waals surface area contributed by atoms with E-state index >= 15 is 0 Å². The van der Waals surface area contributed by atoms with Gasteiger partial charge in [0.1, 0.15) is 23.4 Å². The third-order valence-corrected chi connectivity index (χ3v) is 6.87. The minimum absolute atomic E-state index is 0.109. The molecule has 0 radical (unpaired) electrons. The molecule has 206 valence electrons. The summed E-state index contributed by atoms with van der Waals surface area (Å²) in [7, 11) is 0. The van der Waals surface area contributed by atoms with Gasteiger partial charge in [0.05, 0.1) is 10.7 Å². The van der Waals surface area contributed by atoms with Crippen LogP contribution in [-0.2, 0) is 14.3 Å². The molecule has 38 heavy (non-hydrogen) atoms. The van der Waals surface area contributed by atoms with Gasteiger partial charge in [0.25, 0.3) is 5.91 Å². The predicted molar refractivity (Wildman–Crippen MR) is 148 cm³/mol. The Morgan fingerprint density at radius 1 is 1.08 bits per heavy atom. The van der Waals surface area contributed by atoms with Gasteiger partial charge < -0.3 is 25.4 Å². The van der Waals surface area contributed by atoms with Gasteiger partial charge in [-0.3, -0.25) is 9.59 Å². The lowest BCUT2D eigenvalue weighted by molar-refractivity contribution is -0.146. The molecule has 0 heterocycles. The molecule has 8 nitrogen and oxygen atoms in total. The number of hydrogen-bond donors (Lipinski definition) is 3. The summed E-state index contributed by atoms with van der Waals surface area (Å²) in [5.41, 5.74) is 0.741. The third kappa shape index (κ3) is 6.98. The molecule has 0 aliphatic heterocycles. The second-order valence-electron chi connectivity index (χ2n) is 11.1. The maximum atomic E-state index is 14.2. The molecule has 3 rings (SSSR count). The van der Waals surface area contributed by atoms with Crippen LogP contribution in [0.25, 0.3) is 0 Å². The number of benzene rings is 2. The van der Waals surface area contributed by atoms with Crippen molar-refractivity contribution in [3.05, 3.63) is 58.6 Å². The summed E-state index contributed by atoms with van der Waals surface area (Å²) in [4.78, 5) is 42.4. The summed E-state index contributed by atoms with van der Waals surface area (Å²) in [5.74, 6) is -1.34. The van der Waals surface area contributed by atoms with E-state index in [0.717, 1.165) is 12.0 Å². The number of alkyl carbamates (subject to hydrolysis) is 1. The lowest BCUT2D eigenvalue weighted by Gasteiger charge is -2.44. The van der Waals surface area contributed by atoms with Crippen LogP contribution in [0.4, 0.5) is 10.5 Å². The van der Waals surface area contributed by atoms with Crippen molar-refractivity contribution in [2.45, 2.75) is 84.5 Å². The molecular weight excluding hydrogens is 506 g/mol. The first-order valence-corrected chi connectivity index (χ1v) is 13.3. The Labute approximate surface area is 229 Å². The fourth-order valence-corrected chi connectivity index (χ4v) is 4.68. The topological polar surface area (TPSA) is 108 Å². The van der Waals surface area contributed by atoms with Crippen molar-refractivity contribution in [2.24, 2.45) is 5.92 Å². The van der Waals surface area contributed by atoms with E-state index < -0.39 is 35.6 Å². The number of hydrogen-bond acceptors (Lipinski definition) is 5. The van der Waals surface area contributed by atoms with Crippen LogP contribution in [0, 0.1) is 12.8 Å². The molecule has 2 atom stereocenters. The van der Waals surface area contributed by atoms with Gasteiger partial charge in [0.2, 0.25) is 5.91 Å². The third-order valence-electron chi connectivity index (χ3n) is 6.56. The Morgan fingerprint density at radius 3 is 2.26 bits per heavy atom. The van der Waals surface area contributed by atoms with Crippen LogP contribution in [-0.4, -0.2) is 45.6 Å². The van der Waals surface area contributed by atoms with E-state index in [-0.39, 0.29) is 23.3 Å². The van der Waals surface area contributed by atoms with Crippen LogP contribution < -0.4 is 10.6 Å². The average molecular weight is 544 g/mol. The highest BCUT2D eigenvalue weighted by Gasteiger charge is 2.43. The molecular formula is C29H38ClN3O5. The van der Waals surface area contributed by atoms with Crippen molar-refractivity contribution in [2.75, 3.05) is 5.32 Å². The first-order valence-electron chi connectivity index (χ1n) is 13.0. The van der Waals surface area contributed by atoms with Crippen molar-refractivity contribution in [3.63, 3.8) is 0 Å². The number of aromatic hydroxyl groups is 1. The van der Waals surface area contributed by atoms with Gasteiger partial charge in [0, 0.05) is 11.6 Å². The SMILES string of the molecule is Cc1cccc(Cl)c1NC(=O)C(c1ccccc1O)N(C(=O)C(NC(=O)OC(C)(C)C)C(C)C)C1CCC1. The van der Waals surface area contributed by atoms with E-state index in [4.69, 9.17) is 16.3 Å². The van der Waals surface area contributed by atoms with Crippen LogP contribution >= 0.6 is 11.6 Å². The quantitative estimate of drug-likeness (QED) is 0.380. The monoisotopic (exact) mass is 543 g/mol. The van der Waals surface area contributed by atoms with E-state index in [1.165, 1.54) is 11.0 Å². The molecule has 1 fully saturated rings. The van der Waals surface area contributed by atoms with Crippen molar-refractivity contribution >= 4 is 35.2 Å². The average Bonchev–Trinajstić information content (AvgIpc) is 2.77. The zero-order chi connectivity index (χ0) is 28.2. The molecule has 9 heteroatoms. The number of phenols is 1. The number of nitrogens with one attached hydrogen (secondary N) is 2. The highest BCUT2D eigenvalue weighted by Crippen LogP contribution is 2.38. The molecule has 3 N–H and O–H groups in total. The Kier molecular flexibility index (Phi) is 9.31. The molecule has 2 unspecified atom stereocenters. The van der Waals surface area contributed by atoms with Crippen LogP contribution in [0.15, 0.2) is 42.5 Å². The Morgan fingerprint density at radius 2 is 1.74 bits per heavy atom. The summed E-state index contributed by atoms with van der Waals surface area (Å²) in [6.07, 6.45) is 1.59. The Bertz CT molecular complexity index is 1150. The normalized spacial score (nSPS) is 15.3. The van der Waals surface area contributed by atoms with E-state index in [9.17, 15) is 19.5 Å². The van der Waals surface area contributed by atoms with E-state index in [0.29, 0.717) is 23.6 Å². The lowest BCUT2D eigenvalue weighted by Crippen LogP contribution is -2.58. The largest absolute Gasteiger partial charge is 0.508 e. The Balaban J connectivity index is 2.06. The minimum Gasteiger partial charge on any atom is -0.508 e. The zero-order valence-electron chi connectivity index (χ0n) is 22.9. The minimum atomic E-state index is -1.16. The molecule has 0 aromatic heterocycles. The number of anilines is 1. The van der Waals surface area contributed by atoms with Crippen LogP contribution in [0.3, 0.4) is 0 Å². The van der Waals surface area contributed by atoms with Gasteiger partial charge >= 0.3 is 6.09 Å². The lowest BCUT2D eigenvalue weighted by atomic mass is 9.87. The molecule has 0 saturated heterocycles. The van der Waals surface area contributed by atoms with Gasteiger partial charge in [-0.2, -0.15) is 0 Å². The maximum Gasteiger partial charge on any atom is 0.408 e. The number of nitrogens with zero attached hydrogens (tertiary/aromatic N) is 1. The molecule has 2 aromatic rings. The van der Waals surface area contributed by atoms with Crippen LogP contribution in [0.5, 0.6) is 5.75 Å². The highest BCUT2D eigenvalue weighted by molar-refractivity contribution is 6.34. The summed E-state index contributed by atoms with van der Waals surface area (Å²) in [5, 5.41) is 16.8. The van der Waals surface area contributed by atoms with Crippen LogP contribution in [0.1, 0.15) is 71.0 Å². The number of halogens is 1. The second kappa shape index (κ2) is 12.1. The fourth-order valence-electron chi connectivity index (χ4n) is 4.41. The van der Waals surface area contributed by atoms with Crippen molar-refractivity contribution in [1.29, 1.82) is 0 Å². The predicted octanol–water partition coefficient (Wildman–Crippen LogP) is 5.96. The molecule has 1 aliphatic carbocycles. The summed E-state index contributed by atoms with van der Waals surface area (Å²) < 4.78 is 5.41. The number of aryl methyl sites for hydroxylation is 1. The molecule has 2 aromatic carbocycles. The standard InChI is InChI=1S/C29H38ClN3O5/c1-17(2)23(32-28(37)38-29(4,5)6)27(36)33(19-12-10-13-19)25(20-14-7-8-16-22(20)34)26(35)31-24-18(3)11-9-15-21(24)30/h7-9,11,14-17,19,23,25,34H,10,12-13H2,1-6H3,(H,31,35)(H,32,37). The number of rotatable bonds is 8. The van der Waals surface area contributed by atoms with Crippen molar-refractivity contribution < 1.29 is 24.2 Å². The molecule has 0 bridgehead atoms. The highest BCUT2D eigenvalue weighted by atomic mass is 35.5. The fraction of sp³-hybridized carbons (Fsp3) is 0.483. The van der Waals surface area contributed by atoms with Gasteiger partial charge in [-0.1, -0.05) is 55.8 Å². The zero-order valence-corrected chi connectivity index (χ0v) is 23.6. The second-order valence-corrected chi connectivity index (χ2v) is 11.5. The van der Waals surface area contributed by atoms with Crippen LogP contribution in [0.2, 0.25) is 5.02 Å². The summed E-state index contributed by atoms with van der Waals surface area (Å²) in [6.45, 7) is 10.7. The van der Waals surface area contributed by atoms with E-state index in [1.54, 1.807) is 51.1 Å². The molecule has 3 amide bonds. The molecule has 1 aliphatic rings. The maximum absolute atomic E-state index is 14.2. The number of ether oxygens (including phenoxy) is 1. The van der Waals surface area contributed by atoms with E-state index in [1.807, 2.05) is 26.8 Å². The Hall–Kier alpha value is -3.26. The number of carbonyl (C=O) groups excluding carboxylic acids is 3. The first kappa shape index (κ1) is 29.3.